The van der Waals surface area contributed by atoms with E-state index in [0.29, 0.717) is 25.7 Å². The molecule has 1 unspecified atom stereocenters. The zero-order chi connectivity index (χ0) is 19.7. The van der Waals surface area contributed by atoms with E-state index in [1.807, 2.05) is 0 Å². The zero-order valence-corrected chi connectivity index (χ0v) is 19.8. The summed E-state index contributed by atoms with van der Waals surface area (Å²) in [5, 5.41) is 6.46. The minimum atomic E-state index is -3.40. The molecule has 2 N–H and O–H groups in total. The van der Waals surface area contributed by atoms with E-state index in [1.54, 1.807) is 31.3 Å². The molecular formula is C18H31IN4O4S. The standard InChI is InChI=1S/C18H30N4O4S.HI/c1-19-18(20-10-4-11-26-16-9-12-25-14-16)21-13-15-5-7-17(8-6-15)27(23,24)22(2)3;/h5-8,16H,4,9-14H2,1-3H3,(H2,19,20,21);1H. The molecule has 0 spiro atoms. The maximum Gasteiger partial charge on any atom is 0.242 e. The van der Waals surface area contributed by atoms with Crippen molar-refractivity contribution in [3.63, 3.8) is 0 Å². The van der Waals surface area contributed by atoms with Gasteiger partial charge in [0.05, 0.1) is 17.6 Å². The molecule has 0 radical (unpaired) electrons. The lowest BCUT2D eigenvalue weighted by Gasteiger charge is -2.14. The second-order valence-corrected chi connectivity index (χ2v) is 8.65. The average Bonchev–Trinajstić information content (AvgIpc) is 3.17. The largest absolute Gasteiger partial charge is 0.379 e. The van der Waals surface area contributed by atoms with E-state index < -0.39 is 10.0 Å². The van der Waals surface area contributed by atoms with Crippen LogP contribution in [0.5, 0.6) is 0 Å². The Balaban J connectivity index is 0.00000392. The molecule has 1 atom stereocenters. The lowest BCUT2D eigenvalue weighted by Crippen LogP contribution is -2.37. The van der Waals surface area contributed by atoms with E-state index in [0.717, 1.165) is 31.6 Å². The number of nitrogens with zero attached hydrogens (tertiary/aromatic N) is 2. The lowest BCUT2D eigenvalue weighted by molar-refractivity contribution is 0.0420. The third kappa shape index (κ3) is 7.82. The van der Waals surface area contributed by atoms with Crippen LogP contribution in [0.15, 0.2) is 34.2 Å². The quantitative estimate of drug-likeness (QED) is 0.219. The summed E-state index contributed by atoms with van der Waals surface area (Å²) >= 11 is 0. The van der Waals surface area contributed by atoms with Gasteiger partial charge in [0, 0.05) is 47.4 Å². The number of sulfonamides is 1. The summed E-state index contributed by atoms with van der Waals surface area (Å²) in [5.41, 5.74) is 0.972. The fraction of sp³-hybridized carbons (Fsp3) is 0.611. The van der Waals surface area contributed by atoms with Crippen molar-refractivity contribution in [2.75, 3.05) is 47.5 Å². The topological polar surface area (TPSA) is 92.3 Å². The van der Waals surface area contributed by atoms with E-state index in [-0.39, 0.29) is 35.0 Å². The number of hydrogen-bond donors (Lipinski definition) is 2. The van der Waals surface area contributed by atoms with Crippen LogP contribution in [-0.2, 0) is 26.0 Å². The number of guanidine groups is 1. The Hall–Kier alpha value is -0.950. The Bertz CT molecular complexity index is 705. The minimum Gasteiger partial charge on any atom is -0.379 e. The van der Waals surface area contributed by atoms with Gasteiger partial charge in [0.1, 0.15) is 0 Å². The van der Waals surface area contributed by atoms with E-state index in [2.05, 4.69) is 15.6 Å². The first kappa shape index (κ1) is 25.1. The third-order valence-corrected chi connectivity index (χ3v) is 6.07. The Morgan fingerprint density at radius 3 is 2.57 bits per heavy atom. The highest BCUT2D eigenvalue weighted by Gasteiger charge is 2.16. The van der Waals surface area contributed by atoms with Crippen LogP contribution in [0.4, 0.5) is 0 Å². The van der Waals surface area contributed by atoms with Crippen LogP contribution in [0.3, 0.4) is 0 Å². The van der Waals surface area contributed by atoms with Crippen molar-refractivity contribution in [3.8, 4) is 0 Å². The van der Waals surface area contributed by atoms with Crippen LogP contribution in [0.1, 0.15) is 18.4 Å². The molecule has 160 valence electrons. The normalized spacial score (nSPS) is 17.4. The van der Waals surface area contributed by atoms with Gasteiger partial charge in [0.15, 0.2) is 5.96 Å². The molecule has 1 aromatic rings. The second kappa shape index (κ2) is 12.6. The number of benzene rings is 1. The molecular weight excluding hydrogens is 495 g/mol. The zero-order valence-electron chi connectivity index (χ0n) is 16.7. The summed E-state index contributed by atoms with van der Waals surface area (Å²) in [6.45, 7) is 3.50. The number of hydrogen-bond acceptors (Lipinski definition) is 5. The van der Waals surface area contributed by atoms with Gasteiger partial charge in [-0.25, -0.2) is 12.7 Å². The molecule has 0 amide bonds. The molecule has 0 saturated carbocycles. The monoisotopic (exact) mass is 526 g/mol. The van der Waals surface area contributed by atoms with E-state index in [4.69, 9.17) is 9.47 Å². The highest BCUT2D eigenvalue weighted by Crippen LogP contribution is 2.13. The second-order valence-electron chi connectivity index (χ2n) is 6.49. The Labute approximate surface area is 185 Å². The third-order valence-electron chi connectivity index (χ3n) is 4.24. The first-order valence-corrected chi connectivity index (χ1v) is 10.5. The van der Waals surface area contributed by atoms with Crippen molar-refractivity contribution in [1.29, 1.82) is 0 Å². The molecule has 1 aliphatic rings. The number of aliphatic imine (C=N–C) groups is 1. The smallest absolute Gasteiger partial charge is 0.242 e. The van der Waals surface area contributed by atoms with Crippen LogP contribution in [0.25, 0.3) is 0 Å². The minimum absolute atomic E-state index is 0. The number of ether oxygens (including phenoxy) is 2. The Kier molecular flexibility index (Phi) is 11.3. The summed E-state index contributed by atoms with van der Waals surface area (Å²) in [7, 11) is 1.36. The summed E-state index contributed by atoms with van der Waals surface area (Å²) in [4.78, 5) is 4.47. The van der Waals surface area contributed by atoms with Crippen LogP contribution < -0.4 is 10.6 Å². The summed E-state index contributed by atoms with van der Waals surface area (Å²) in [6, 6.07) is 6.83. The summed E-state index contributed by atoms with van der Waals surface area (Å²) in [5.74, 6) is 0.698. The first-order chi connectivity index (χ1) is 12.9. The molecule has 1 heterocycles. The summed E-state index contributed by atoms with van der Waals surface area (Å²) in [6.07, 6.45) is 2.10. The molecule has 0 aliphatic carbocycles. The van der Waals surface area contributed by atoms with Gasteiger partial charge < -0.3 is 20.1 Å². The van der Waals surface area contributed by atoms with Gasteiger partial charge in [-0.2, -0.15) is 0 Å². The van der Waals surface area contributed by atoms with Gasteiger partial charge in [-0.15, -0.1) is 24.0 Å². The molecule has 10 heteroatoms. The molecule has 2 rings (SSSR count). The molecule has 8 nitrogen and oxygen atoms in total. The molecule has 0 bridgehead atoms. The molecule has 1 aliphatic heterocycles. The van der Waals surface area contributed by atoms with Gasteiger partial charge in [-0.05, 0) is 30.5 Å². The first-order valence-electron chi connectivity index (χ1n) is 9.09. The van der Waals surface area contributed by atoms with E-state index in [1.165, 1.54) is 18.4 Å². The molecule has 28 heavy (non-hydrogen) atoms. The molecule has 0 aromatic heterocycles. The van der Waals surface area contributed by atoms with Crippen LogP contribution in [-0.4, -0.2) is 72.3 Å². The van der Waals surface area contributed by atoms with E-state index >= 15 is 0 Å². The number of halogens is 1. The maximum absolute atomic E-state index is 12.1. The van der Waals surface area contributed by atoms with Crippen molar-refractivity contribution >= 4 is 40.0 Å². The molecule has 1 fully saturated rings. The number of nitrogens with one attached hydrogen (secondary N) is 2. The van der Waals surface area contributed by atoms with E-state index in [9.17, 15) is 8.42 Å². The van der Waals surface area contributed by atoms with Crippen LogP contribution in [0.2, 0.25) is 0 Å². The Morgan fingerprint density at radius 1 is 1.29 bits per heavy atom. The highest BCUT2D eigenvalue weighted by atomic mass is 127. The van der Waals surface area contributed by atoms with Gasteiger partial charge >= 0.3 is 0 Å². The SMILES string of the molecule is CN=C(NCCCOC1CCOC1)NCc1ccc(S(=O)(=O)N(C)C)cc1.I. The van der Waals surface area contributed by atoms with Crippen molar-refractivity contribution in [2.24, 2.45) is 4.99 Å². The summed E-state index contributed by atoms with van der Waals surface area (Å²) < 4.78 is 36.4. The average molecular weight is 526 g/mol. The van der Waals surface area contributed by atoms with Gasteiger partial charge in [0.2, 0.25) is 10.0 Å². The maximum atomic E-state index is 12.1. The van der Waals surface area contributed by atoms with Gasteiger partial charge in [-0.1, -0.05) is 12.1 Å². The fourth-order valence-corrected chi connectivity index (χ4v) is 3.47. The van der Waals surface area contributed by atoms with Crippen molar-refractivity contribution in [3.05, 3.63) is 29.8 Å². The highest BCUT2D eigenvalue weighted by molar-refractivity contribution is 14.0. The molecule has 1 saturated heterocycles. The van der Waals surface area contributed by atoms with Gasteiger partial charge in [0.25, 0.3) is 0 Å². The van der Waals surface area contributed by atoms with Crippen molar-refractivity contribution in [2.45, 2.75) is 30.4 Å². The van der Waals surface area contributed by atoms with Crippen molar-refractivity contribution in [1.82, 2.24) is 14.9 Å². The van der Waals surface area contributed by atoms with Crippen molar-refractivity contribution < 1.29 is 17.9 Å². The van der Waals surface area contributed by atoms with Crippen LogP contribution >= 0.6 is 24.0 Å². The van der Waals surface area contributed by atoms with Crippen LogP contribution in [0, 0.1) is 0 Å². The number of rotatable bonds is 9. The Morgan fingerprint density at radius 2 is 2.00 bits per heavy atom. The predicted molar refractivity (Wildman–Crippen MR) is 121 cm³/mol. The lowest BCUT2D eigenvalue weighted by atomic mass is 10.2. The van der Waals surface area contributed by atoms with Gasteiger partial charge in [-0.3, -0.25) is 4.99 Å². The predicted octanol–water partition coefficient (Wildman–Crippen LogP) is 1.42. The fourth-order valence-electron chi connectivity index (χ4n) is 2.57. The molecule has 1 aromatic carbocycles.